The summed E-state index contributed by atoms with van der Waals surface area (Å²) in [6.07, 6.45) is -1.88. The van der Waals surface area contributed by atoms with E-state index in [0.717, 1.165) is 5.56 Å². The van der Waals surface area contributed by atoms with Crippen LogP contribution in [0.4, 0.5) is 0 Å². The lowest BCUT2D eigenvalue weighted by Gasteiger charge is -2.34. The largest absolute Gasteiger partial charge is 0.385 e. The van der Waals surface area contributed by atoms with E-state index in [2.05, 4.69) is 0 Å². The van der Waals surface area contributed by atoms with Gasteiger partial charge in [0.1, 0.15) is 6.10 Å². The molecule has 1 heterocycles. The van der Waals surface area contributed by atoms with Crippen LogP contribution in [0, 0.1) is 0 Å². The molecule has 0 aliphatic carbocycles. The lowest BCUT2D eigenvalue weighted by molar-refractivity contribution is -0.164. The van der Waals surface area contributed by atoms with Crippen molar-refractivity contribution in [1.82, 2.24) is 4.90 Å². The summed E-state index contributed by atoms with van der Waals surface area (Å²) in [5.74, 6) is -0.192. The number of amides is 1. The van der Waals surface area contributed by atoms with Crippen LogP contribution in [-0.2, 0) is 16.1 Å². The van der Waals surface area contributed by atoms with Crippen molar-refractivity contribution in [3.8, 4) is 0 Å². The Kier molecular flexibility index (Phi) is 4.96. The van der Waals surface area contributed by atoms with E-state index in [4.69, 9.17) is 16.3 Å². The predicted molar refractivity (Wildman–Crippen MR) is 88.0 cm³/mol. The molecule has 2 unspecified atom stereocenters. The summed E-state index contributed by atoms with van der Waals surface area (Å²) < 4.78 is 5.53. The molecule has 2 aromatic carbocycles. The van der Waals surface area contributed by atoms with Crippen LogP contribution < -0.4 is 0 Å². The zero-order valence-electron chi connectivity index (χ0n) is 12.6. The van der Waals surface area contributed by atoms with Crippen LogP contribution >= 0.6 is 11.6 Å². The number of carbonyl (C=O) groups is 1. The number of hydrogen-bond acceptors (Lipinski definition) is 3. The lowest BCUT2D eigenvalue weighted by Crippen LogP contribution is -2.49. The van der Waals surface area contributed by atoms with Gasteiger partial charge in [0.05, 0.1) is 6.61 Å². The maximum Gasteiger partial charge on any atom is 0.255 e. The number of halogens is 1. The fourth-order valence-electron chi connectivity index (χ4n) is 2.67. The molecule has 1 saturated heterocycles. The van der Waals surface area contributed by atoms with E-state index in [9.17, 15) is 9.90 Å². The van der Waals surface area contributed by atoms with E-state index in [0.29, 0.717) is 30.3 Å². The fraction of sp³-hybridized carbons (Fsp3) is 0.278. The van der Waals surface area contributed by atoms with Crippen molar-refractivity contribution in [3.05, 3.63) is 70.7 Å². The average molecular weight is 332 g/mol. The molecule has 1 aliphatic rings. The minimum absolute atomic E-state index is 0.192. The molecule has 23 heavy (non-hydrogen) atoms. The van der Waals surface area contributed by atoms with Gasteiger partial charge in [0.25, 0.3) is 5.91 Å². The molecule has 0 spiro atoms. The standard InChI is InChI=1S/C18H18ClNO3/c19-15-8-6-14(7-9-15)16(21)17-18(22)20(10-11-23-17)12-13-4-2-1-3-5-13/h1-9,16-17,21H,10-12H2. The van der Waals surface area contributed by atoms with Gasteiger partial charge in [-0.1, -0.05) is 54.1 Å². The van der Waals surface area contributed by atoms with Gasteiger partial charge in [-0.25, -0.2) is 0 Å². The molecular weight excluding hydrogens is 314 g/mol. The van der Waals surface area contributed by atoms with E-state index >= 15 is 0 Å². The molecule has 0 saturated carbocycles. The fourth-order valence-corrected chi connectivity index (χ4v) is 2.80. The molecule has 1 aliphatic heterocycles. The van der Waals surface area contributed by atoms with E-state index < -0.39 is 12.2 Å². The third-order valence-corrected chi connectivity index (χ3v) is 4.18. The van der Waals surface area contributed by atoms with Crippen molar-refractivity contribution >= 4 is 17.5 Å². The van der Waals surface area contributed by atoms with Gasteiger partial charge in [-0.2, -0.15) is 0 Å². The van der Waals surface area contributed by atoms with Gasteiger partial charge in [0, 0.05) is 18.1 Å². The first kappa shape index (κ1) is 16.0. The quantitative estimate of drug-likeness (QED) is 0.937. The summed E-state index contributed by atoms with van der Waals surface area (Å²) in [5.41, 5.74) is 1.68. The molecule has 1 amide bonds. The van der Waals surface area contributed by atoms with Gasteiger partial charge in [-0.15, -0.1) is 0 Å². The normalized spacial score (nSPS) is 19.7. The van der Waals surface area contributed by atoms with E-state index in [1.54, 1.807) is 29.2 Å². The average Bonchev–Trinajstić information content (AvgIpc) is 2.58. The predicted octanol–water partition coefficient (Wildman–Crippen LogP) is 2.80. The molecule has 1 N–H and O–H groups in total. The molecule has 3 rings (SSSR count). The van der Waals surface area contributed by atoms with Gasteiger partial charge in [-0.05, 0) is 23.3 Å². The SMILES string of the molecule is O=C1C(C(O)c2ccc(Cl)cc2)OCCN1Cc1ccccc1. The van der Waals surface area contributed by atoms with Gasteiger partial charge >= 0.3 is 0 Å². The van der Waals surface area contributed by atoms with Gasteiger partial charge in [-0.3, -0.25) is 4.79 Å². The highest BCUT2D eigenvalue weighted by Crippen LogP contribution is 2.25. The Morgan fingerprint density at radius 2 is 1.87 bits per heavy atom. The second-order valence-electron chi connectivity index (χ2n) is 5.53. The number of ether oxygens (including phenoxy) is 1. The van der Waals surface area contributed by atoms with E-state index in [1.807, 2.05) is 30.3 Å². The minimum Gasteiger partial charge on any atom is -0.385 e. The van der Waals surface area contributed by atoms with Crippen molar-refractivity contribution in [2.45, 2.75) is 18.8 Å². The third-order valence-electron chi connectivity index (χ3n) is 3.93. The van der Waals surface area contributed by atoms with Crippen LogP contribution in [-0.4, -0.2) is 35.2 Å². The minimum atomic E-state index is -1.00. The number of aliphatic hydroxyl groups excluding tert-OH is 1. The third kappa shape index (κ3) is 3.72. The number of nitrogens with zero attached hydrogens (tertiary/aromatic N) is 1. The van der Waals surface area contributed by atoms with Gasteiger partial charge in [0.15, 0.2) is 6.10 Å². The van der Waals surface area contributed by atoms with Crippen molar-refractivity contribution in [2.24, 2.45) is 0 Å². The van der Waals surface area contributed by atoms with Crippen molar-refractivity contribution in [2.75, 3.05) is 13.2 Å². The molecule has 2 atom stereocenters. The molecule has 1 fully saturated rings. The number of aliphatic hydroxyl groups is 1. The Hall–Kier alpha value is -1.88. The zero-order valence-corrected chi connectivity index (χ0v) is 13.3. The second kappa shape index (κ2) is 7.13. The van der Waals surface area contributed by atoms with Crippen molar-refractivity contribution in [1.29, 1.82) is 0 Å². The highest BCUT2D eigenvalue weighted by molar-refractivity contribution is 6.30. The number of carbonyl (C=O) groups excluding carboxylic acids is 1. The monoisotopic (exact) mass is 331 g/mol. The van der Waals surface area contributed by atoms with Crippen molar-refractivity contribution < 1.29 is 14.6 Å². The lowest BCUT2D eigenvalue weighted by atomic mass is 10.0. The highest BCUT2D eigenvalue weighted by atomic mass is 35.5. The second-order valence-corrected chi connectivity index (χ2v) is 5.97. The summed E-state index contributed by atoms with van der Waals surface area (Å²) in [6.45, 7) is 1.46. The molecular formula is C18H18ClNO3. The number of morpholine rings is 1. The summed E-state index contributed by atoms with van der Waals surface area (Å²) in [4.78, 5) is 14.4. The first-order valence-electron chi connectivity index (χ1n) is 7.53. The molecule has 2 aromatic rings. The summed E-state index contributed by atoms with van der Waals surface area (Å²) in [5, 5.41) is 11.1. The highest BCUT2D eigenvalue weighted by Gasteiger charge is 2.35. The van der Waals surface area contributed by atoms with Crippen LogP contribution in [0.25, 0.3) is 0 Å². The summed E-state index contributed by atoms with van der Waals surface area (Å²) in [7, 11) is 0. The zero-order chi connectivity index (χ0) is 16.2. The molecule has 5 heteroatoms. The number of hydrogen-bond donors (Lipinski definition) is 1. The van der Waals surface area contributed by atoms with Crippen LogP contribution in [0.15, 0.2) is 54.6 Å². The van der Waals surface area contributed by atoms with Crippen LogP contribution in [0.3, 0.4) is 0 Å². The number of rotatable bonds is 4. The molecule has 0 radical (unpaired) electrons. The van der Waals surface area contributed by atoms with E-state index in [-0.39, 0.29) is 5.91 Å². The maximum absolute atomic E-state index is 12.6. The molecule has 0 bridgehead atoms. The summed E-state index contributed by atoms with van der Waals surface area (Å²) in [6, 6.07) is 16.6. The number of benzene rings is 2. The summed E-state index contributed by atoms with van der Waals surface area (Å²) >= 11 is 5.86. The molecule has 120 valence electrons. The Bertz CT molecular complexity index is 660. The Morgan fingerprint density at radius 3 is 2.57 bits per heavy atom. The first-order valence-corrected chi connectivity index (χ1v) is 7.91. The van der Waals surface area contributed by atoms with Gasteiger partial charge < -0.3 is 14.7 Å². The molecule has 4 nitrogen and oxygen atoms in total. The first-order chi connectivity index (χ1) is 11.1. The van der Waals surface area contributed by atoms with Gasteiger partial charge in [0.2, 0.25) is 0 Å². The molecule has 0 aromatic heterocycles. The van der Waals surface area contributed by atoms with Crippen LogP contribution in [0.5, 0.6) is 0 Å². The Morgan fingerprint density at radius 1 is 1.17 bits per heavy atom. The Balaban J connectivity index is 1.72. The van der Waals surface area contributed by atoms with E-state index in [1.165, 1.54) is 0 Å². The maximum atomic E-state index is 12.6. The van der Waals surface area contributed by atoms with Crippen molar-refractivity contribution in [3.63, 3.8) is 0 Å². The Labute approximate surface area is 140 Å². The van der Waals surface area contributed by atoms with Crippen LogP contribution in [0.2, 0.25) is 5.02 Å². The smallest absolute Gasteiger partial charge is 0.255 e. The van der Waals surface area contributed by atoms with Crippen LogP contribution in [0.1, 0.15) is 17.2 Å². The topological polar surface area (TPSA) is 49.8 Å².